The quantitative estimate of drug-likeness (QED) is 0.828. The fourth-order valence-electron chi connectivity index (χ4n) is 1.53. The second-order valence-electron chi connectivity index (χ2n) is 3.44. The molecule has 0 spiro atoms. The Balaban J connectivity index is 0.000000917. The molecular weight excluding hydrogens is 226 g/mol. The molecule has 1 atom stereocenters. The van der Waals surface area contributed by atoms with Crippen molar-refractivity contribution in [2.75, 3.05) is 6.61 Å². The third-order valence-corrected chi connectivity index (χ3v) is 2.29. The standard InChI is InChI=1S/C12H13NO2.C2H6.CH4/c1-2-5-9-8-15-12(13-9)10-6-3-4-7-11(10)14;1-2;/h2-4,6-7,9,14H,1,5,8H2;1-2H3;1H4/t9-;;/m1../s1. The number of nitrogens with zero attached hydrogens (tertiary/aromatic N) is 1. The molecule has 0 aromatic heterocycles. The van der Waals surface area contributed by atoms with Crippen molar-refractivity contribution in [3.63, 3.8) is 0 Å². The van der Waals surface area contributed by atoms with Crippen molar-refractivity contribution >= 4 is 5.90 Å². The van der Waals surface area contributed by atoms with E-state index >= 15 is 0 Å². The summed E-state index contributed by atoms with van der Waals surface area (Å²) in [6.45, 7) is 8.23. The first-order valence-corrected chi connectivity index (χ1v) is 5.91. The molecule has 0 amide bonds. The lowest BCUT2D eigenvalue weighted by molar-refractivity contribution is 0.317. The Labute approximate surface area is 110 Å². The lowest BCUT2D eigenvalue weighted by Gasteiger charge is -2.02. The molecule has 2 rings (SSSR count). The third kappa shape index (κ3) is 3.91. The zero-order valence-corrected chi connectivity index (χ0v) is 10.4. The van der Waals surface area contributed by atoms with Crippen LogP contribution in [0.3, 0.4) is 0 Å². The summed E-state index contributed by atoms with van der Waals surface area (Å²) >= 11 is 0. The highest BCUT2D eigenvalue weighted by Crippen LogP contribution is 2.21. The van der Waals surface area contributed by atoms with Crippen LogP contribution in [0, 0.1) is 0 Å². The normalized spacial score (nSPS) is 16.6. The molecular formula is C15H23NO2. The van der Waals surface area contributed by atoms with Crippen LogP contribution >= 0.6 is 0 Å². The van der Waals surface area contributed by atoms with Gasteiger partial charge in [0.25, 0.3) is 0 Å². The number of benzene rings is 1. The van der Waals surface area contributed by atoms with Crippen LogP contribution in [0.1, 0.15) is 33.3 Å². The number of aliphatic imine (C=N–C) groups is 1. The van der Waals surface area contributed by atoms with E-state index in [1.807, 2.05) is 26.0 Å². The first kappa shape index (κ1) is 16.2. The van der Waals surface area contributed by atoms with E-state index in [0.29, 0.717) is 18.1 Å². The highest BCUT2D eigenvalue weighted by Gasteiger charge is 2.20. The van der Waals surface area contributed by atoms with Gasteiger partial charge in [-0.25, -0.2) is 4.99 Å². The minimum Gasteiger partial charge on any atom is -0.507 e. The van der Waals surface area contributed by atoms with Crippen LogP contribution in [0.25, 0.3) is 0 Å². The highest BCUT2D eigenvalue weighted by molar-refractivity contribution is 5.97. The predicted octanol–water partition coefficient (Wildman–Crippen LogP) is 3.78. The lowest BCUT2D eigenvalue weighted by atomic mass is 10.2. The molecule has 0 saturated heterocycles. The van der Waals surface area contributed by atoms with Gasteiger partial charge in [0.2, 0.25) is 5.90 Å². The summed E-state index contributed by atoms with van der Waals surface area (Å²) in [5, 5.41) is 9.61. The molecule has 0 saturated carbocycles. The van der Waals surface area contributed by atoms with E-state index in [1.54, 1.807) is 18.2 Å². The summed E-state index contributed by atoms with van der Waals surface area (Å²) in [5.41, 5.74) is 0.657. The van der Waals surface area contributed by atoms with Crippen molar-refractivity contribution < 1.29 is 9.84 Å². The monoisotopic (exact) mass is 249 g/mol. The SMILES string of the molecule is C.C=CC[C@@H]1COC(c2ccccc2O)=N1.CC. The van der Waals surface area contributed by atoms with Gasteiger partial charge in [0.1, 0.15) is 12.4 Å². The fraction of sp³-hybridized carbons (Fsp3) is 0.400. The van der Waals surface area contributed by atoms with E-state index in [9.17, 15) is 5.11 Å². The van der Waals surface area contributed by atoms with E-state index in [4.69, 9.17) is 4.74 Å². The molecule has 0 bridgehead atoms. The molecule has 0 unspecified atom stereocenters. The molecule has 1 aromatic rings. The number of phenols is 1. The molecule has 18 heavy (non-hydrogen) atoms. The number of ether oxygens (including phenoxy) is 1. The highest BCUT2D eigenvalue weighted by atomic mass is 16.5. The second kappa shape index (κ2) is 8.34. The van der Waals surface area contributed by atoms with Gasteiger partial charge in [-0.3, -0.25) is 0 Å². The molecule has 1 aromatic carbocycles. The molecule has 1 heterocycles. The summed E-state index contributed by atoms with van der Waals surface area (Å²) in [6.07, 6.45) is 2.63. The van der Waals surface area contributed by atoms with Gasteiger partial charge in [-0.05, 0) is 18.6 Å². The molecule has 1 aliphatic heterocycles. The predicted molar refractivity (Wildman–Crippen MR) is 77.3 cm³/mol. The van der Waals surface area contributed by atoms with Crippen LogP contribution in [-0.2, 0) is 4.74 Å². The maximum Gasteiger partial charge on any atom is 0.220 e. The average molecular weight is 249 g/mol. The summed E-state index contributed by atoms with van der Waals surface area (Å²) < 4.78 is 5.43. The van der Waals surface area contributed by atoms with Gasteiger partial charge in [-0.1, -0.05) is 39.5 Å². The first-order valence-electron chi connectivity index (χ1n) is 5.91. The third-order valence-electron chi connectivity index (χ3n) is 2.29. The minimum atomic E-state index is 0. The summed E-state index contributed by atoms with van der Waals surface area (Å²) in [5.74, 6) is 0.732. The topological polar surface area (TPSA) is 41.8 Å². The molecule has 100 valence electrons. The van der Waals surface area contributed by atoms with Gasteiger partial charge >= 0.3 is 0 Å². The Morgan fingerprint density at radius 1 is 1.44 bits per heavy atom. The maximum atomic E-state index is 9.61. The van der Waals surface area contributed by atoms with Gasteiger partial charge < -0.3 is 9.84 Å². The van der Waals surface area contributed by atoms with E-state index in [1.165, 1.54) is 0 Å². The van der Waals surface area contributed by atoms with Gasteiger partial charge in [0, 0.05) is 0 Å². The number of para-hydroxylation sites is 1. The zero-order chi connectivity index (χ0) is 12.7. The van der Waals surface area contributed by atoms with Crippen molar-refractivity contribution in [3.05, 3.63) is 42.5 Å². The van der Waals surface area contributed by atoms with Crippen molar-refractivity contribution in [3.8, 4) is 5.75 Å². The largest absolute Gasteiger partial charge is 0.507 e. The minimum absolute atomic E-state index is 0. The molecule has 1 aliphatic rings. The number of phenolic OH excluding ortho intramolecular Hbond substituents is 1. The van der Waals surface area contributed by atoms with Gasteiger partial charge in [-0.15, -0.1) is 6.58 Å². The number of hydrogen-bond donors (Lipinski definition) is 1. The lowest BCUT2D eigenvalue weighted by Crippen LogP contribution is -2.04. The van der Waals surface area contributed by atoms with Crippen molar-refractivity contribution in [2.24, 2.45) is 4.99 Å². The van der Waals surface area contributed by atoms with Crippen molar-refractivity contribution in [1.82, 2.24) is 0 Å². The van der Waals surface area contributed by atoms with E-state index in [-0.39, 0.29) is 19.2 Å². The average Bonchev–Trinajstić information content (AvgIpc) is 2.81. The number of hydrogen-bond acceptors (Lipinski definition) is 3. The van der Waals surface area contributed by atoms with E-state index in [0.717, 1.165) is 6.42 Å². The molecule has 0 radical (unpaired) electrons. The van der Waals surface area contributed by atoms with Crippen molar-refractivity contribution in [1.29, 1.82) is 0 Å². The van der Waals surface area contributed by atoms with Gasteiger partial charge in [0.05, 0.1) is 11.6 Å². The van der Waals surface area contributed by atoms with Gasteiger partial charge in [-0.2, -0.15) is 0 Å². The van der Waals surface area contributed by atoms with Crippen LogP contribution in [0.5, 0.6) is 5.75 Å². The molecule has 3 nitrogen and oxygen atoms in total. The van der Waals surface area contributed by atoms with Crippen LogP contribution in [0.15, 0.2) is 41.9 Å². The summed E-state index contributed by atoms with van der Waals surface area (Å²) in [7, 11) is 0. The molecule has 3 heteroatoms. The number of rotatable bonds is 3. The van der Waals surface area contributed by atoms with Crippen LogP contribution in [-0.4, -0.2) is 23.7 Å². The van der Waals surface area contributed by atoms with Crippen LogP contribution in [0.4, 0.5) is 0 Å². The summed E-state index contributed by atoms with van der Waals surface area (Å²) in [4.78, 5) is 4.37. The van der Waals surface area contributed by atoms with Crippen LogP contribution < -0.4 is 0 Å². The smallest absolute Gasteiger partial charge is 0.220 e. The van der Waals surface area contributed by atoms with Gasteiger partial charge in [0.15, 0.2) is 0 Å². The van der Waals surface area contributed by atoms with Crippen LogP contribution in [0.2, 0.25) is 0 Å². The van der Waals surface area contributed by atoms with Crippen molar-refractivity contribution in [2.45, 2.75) is 33.7 Å². The Morgan fingerprint density at radius 2 is 2.11 bits per heavy atom. The zero-order valence-electron chi connectivity index (χ0n) is 10.4. The Hall–Kier alpha value is -1.77. The number of aromatic hydroxyl groups is 1. The Bertz CT molecular complexity index is 399. The van der Waals surface area contributed by atoms with E-state index < -0.39 is 0 Å². The Morgan fingerprint density at radius 3 is 2.72 bits per heavy atom. The molecule has 1 N–H and O–H groups in total. The molecule has 0 fully saturated rings. The fourth-order valence-corrected chi connectivity index (χ4v) is 1.53. The Kier molecular flexibility index (Phi) is 7.52. The first-order chi connectivity index (χ1) is 8.31. The van der Waals surface area contributed by atoms with E-state index in [2.05, 4.69) is 11.6 Å². The molecule has 0 aliphatic carbocycles. The maximum absolute atomic E-state index is 9.61. The summed E-state index contributed by atoms with van der Waals surface area (Å²) in [6, 6.07) is 7.18. The second-order valence-corrected chi connectivity index (χ2v) is 3.44.